The summed E-state index contributed by atoms with van der Waals surface area (Å²) in [5.41, 5.74) is -0.743. The zero-order chi connectivity index (χ0) is 21.9. The molecular weight excluding hydrogens is 428 g/mol. The fourth-order valence-electron chi connectivity index (χ4n) is 2.39. The molecular formula is C14H16ClF2N11O2. The van der Waals surface area contributed by atoms with Crippen LogP contribution in [0.4, 0.5) is 14.7 Å². The van der Waals surface area contributed by atoms with Crippen molar-refractivity contribution in [2.75, 3.05) is 12.4 Å². The number of hydroxylamine groups is 2. The van der Waals surface area contributed by atoms with Crippen molar-refractivity contribution in [3.8, 4) is 0 Å². The van der Waals surface area contributed by atoms with E-state index in [-0.39, 0.29) is 30.3 Å². The Bertz CT molecular complexity index is 1040. The average molecular weight is 444 g/mol. The summed E-state index contributed by atoms with van der Waals surface area (Å²) in [7, 11) is 4.47. The normalized spacial score (nSPS) is 11.8. The first kappa shape index (κ1) is 21.5. The standard InChI is InChI=1S/C14H16ClF2N11O2/c1-26-13(21-23-25-26)19-12(29)8-4-5-10(14(15,16)17)18-9(8)6-28(30-3)7-11-20-24-27(2)22-11/h4-5H,6-7H2,1-3H3,(H,19,21,25,29). The molecule has 16 heteroatoms. The van der Waals surface area contributed by atoms with E-state index in [4.69, 9.17) is 16.4 Å². The van der Waals surface area contributed by atoms with E-state index in [0.29, 0.717) is 5.82 Å². The summed E-state index contributed by atoms with van der Waals surface area (Å²) < 4.78 is 28.4. The molecule has 0 saturated heterocycles. The number of hydrogen-bond acceptors (Lipinski definition) is 10. The number of nitrogens with one attached hydrogen (secondary N) is 1. The maximum atomic E-state index is 13.6. The molecule has 0 fully saturated rings. The van der Waals surface area contributed by atoms with Crippen molar-refractivity contribution in [2.45, 2.75) is 18.5 Å². The predicted molar refractivity (Wildman–Crippen MR) is 95.8 cm³/mol. The summed E-state index contributed by atoms with van der Waals surface area (Å²) in [5, 5.41) is 22.3. The number of rotatable bonds is 8. The van der Waals surface area contributed by atoms with Gasteiger partial charge in [0.25, 0.3) is 5.91 Å². The quantitative estimate of drug-likeness (QED) is 0.379. The largest absolute Gasteiger partial charge is 0.364 e. The molecule has 13 nitrogen and oxygen atoms in total. The van der Waals surface area contributed by atoms with Gasteiger partial charge in [-0.05, 0) is 39.4 Å². The van der Waals surface area contributed by atoms with Crippen LogP contribution in [0.5, 0.6) is 0 Å². The summed E-state index contributed by atoms with van der Waals surface area (Å²) in [4.78, 5) is 23.1. The molecule has 160 valence electrons. The Kier molecular flexibility index (Phi) is 6.23. The lowest BCUT2D eigenvalue weighted by Crippen LogP contribution is -2.26. The van der Waals surface area contributed by atoms with Crippen molar-refractivity contribution in [3.05, 3.63) is 34.9 Å². The number of carbonyl (C=O) groups is 1. The van der Waals surface area contributed by atoms with Gasteiger partial charge in [0, 0.05) is 7.05 Å². The number of halogens is 3. The molecule has 0 unspecified atom stereocenters. The Hall–Kier alpha value is -3.17. The molecule has 0 aromatic carbocycles. The van der Waals surface area contributed by atoms with Gasteiger partial charge in [-0.1, -0.05) is 5.10 Å². The van der Waals surface area contributed by atoms with Crippen LogP contribution in [0.25, 0.3) is 0 Å². The SMILES string of the molecule is CON(Cc1nnn(C)n1)Cc1nc(C(F)(F)Cl)ccc1C(=O)Nc1nnnn1C. The number of anilines is 1. The molecule has 0 radical (unpaired) electrons. The van der Waals surface area contributed by atoms with Gasteiger partial charge in [0.15, 0.2) is 5.82 Å². The monoisotopic (exact) mass is 443 g/mol. The van der Waals surface area contributed by atoms with E-state index < -0.39 is 17.0 Å². The molecule has 3 aromatic rings. The van der Waals surface area contributed by atoms with Crippen molar-refractivity contribution >= 4 is 23.5 Å². The number of amides is 1. The van der Waals surface area contributed by atoms with Crippen LogP contribution < -0.4 is 5.32 Å². The van der Waals surface area contributed by atoms with Gasteiger partial charge in [-0.2, -0.15) is 18.6 Å². The molecule has 0 saturated carbocycles. The minimum atomic E-state index is -3.72. The maximum Gasteiger partial charge on any atom is 0.364 e. The van der Waals surface area contributed by atoms with Crippen LogP contribution in [0.2, 0.25) is 0 Å². The van der Waals surface area contributed by atoms with E-state index in [1.807, 2.05) is 0 Å². The summed E-state index contributed by atoms with van der Waals surface area (Å²) in [5.74, 6) is -0.284. The molecule has 1 amide bonds. The molecule has 0 atom stereocenters. The molecule has 3 heterocycles. The number of aromatic nitrogens is 9. The zero-order valence-electron chi connectivity index (χ0n) is 16.0. The molecule has 0 bridgehead atoms. The zero-order valence-corrected chi connectivity index (χ0v) is 16.7. The lowest BCUT2D eigenvalue weighted by Gasteiger charge is -2.20. The van der Waals surface area contributed by atoms with Gasteiger partial charge in [-0.3, -0.25) is 10.1 Å². The third-order valence-corrected chi connectivity index (χ3v) is 4.00. The fraction of sp³-hybridized carbons (Fsp3) is 0.429. The van der Waals surface area contributed by atoms with Crippen molar-refractivity contribution in [1.29, 1.82) is 0 Å². The maximum absolute atomic E-state index is 13.6. The summed E-state index contributed by atoms with van der Waals surface area (Å²) >= 11 is 5.10. The number of alkyl halides is 3. The highest BCUT2D eigenvalue weighted by Gasteiger charge is 2.31. The first-order chi connectivity index (χ1) is 14.2. The Labute approximate surface area is 172 Å². The molecule has 0 aliphatic carbocycles. The summed E-state index contributed by atoms with van der Waals surface area (Å²) in [6.45, 7) is -0.100. The van der Waals surface area contributed by atoms with Crippen LogP contribution in [0.1, 0.15) is 27.6 Å². The minimum Gasteiger partial charge on any atom is -0.301 e. The van der Waals surface area contributed by atoms with Crippen molar-refractivity contribution in [2.24, 2.45) is 14.1 Å². The average Bonchev–Trinajstić information content (AvgIpc) is 3.28. The van der Waals surface area contributed by atoms with E-state index in [2.05, 4.69) is 41.2 Å². The van der Waals surface area contributed by atoms with Crippen molar-refractivity contribution < 1.29 is 18.4 Å². The van der Waals surface area contributed by atoms with Gasteiger partial charge in [0.05, 0.1) is 38.5 Å². The molecule has 0 aliphatic heterocycles. The van der Waals surface area contributed by atoms with Crippen LogP contribution in [-0.2, 0) is 37.4 Å². The van der Waals surface area contributed by atoms with Gasteiger partial charge in [-0.15, -0.1) is 10.2 Å². The number of nitrogens with zero attached hydrogens (tertiary/aromatic N) is 10. The highest BCUT2D eigenvalue weighted by molar-refractivity contribution is 6.21. The van der Waals surface area contributed by atoms with E-state index >= 15 is 0 Å². The molecule has 1 N–H and O–H groups in total. The topological polar surface area (TPSA) is 142 Å². The molecule has 3 aromatic heterocycles. The van der Waals surface area contributed by atoms with Crippen LogP contribution in [0.15, 0.2) is 12.1 Å². The van der Waals surface area contributed by atoms with Crippen LogP contribution in [0, 0.1) is 0 Å². The second kappa shape index (κ2) is 8.68. The first-order valence-electron chi connectivity index (χ1n) is 8.30. The van der Waals surface area contributed by atoms with Gasteiger partial charge < -0.3 is 4.84 Å². The second-order valence-corrected chi connectivity index (χ2v) is 6.42. The number of hydrogen-bond donors (Lipinski definition) is 1. The molecule has 0 spiro atoms. The van der Waals surface area contributed by atoms with Crippen molar-refractivity contribution in [3.63, 3.8) is 0 Å². The highest BCUT2D eigenvalue weighted by Crippen LogP contribution is 2.31. The minimum absolute atomic E-state index is 0.00294. The number of pyridine rings is 1. The third kappa shape index (κ3) is 5.05. The van der Waals surface area contributed by atoms with Crippen LogP contribution in [-0.4, -0.2) is 63.5 Å². The van der Waals surface area contributed by atoms with Gasteiger partial charge in [0.2, 0.25) is 5.95 Å². The number of aryl methyl sites for hydroxylation is 2. The molecule has 30 heavy (non-hydrogen) atoms. The summed E-state index contributed by atoms with van der Waals surface area (Å²) in [6.07, 6.45) is 0. The lowest BCUT2D eigenvalue weighted by atomic mass is 10.1. The Morgan fingerprint density at radius 3 is 2.60 bits per heavy atom. The van der Waals surface area contributed by atoms with Crippen LogP contribution >= 0.6 is 11.6 Å². The molecule has 0 aliphatic rings. The van der Waals surface area contributed by atoms with E-state index in [1.165, 1.54) is 34.8 Å². The Morgan fingerprint density at radius 2 is 2.03 bits per heavy atom. The summed E-state index contributed by atoms with van der Waals surface area (Å²) in [6, 6.07) is 2.14. The van der Waals surface area contributed by atoms with E-state index in [9.17, 15) is 13.6 Å². The first-order valence-corrected chi connectivity index (χ1v) is 8.68. The lowest BCUT2D eigenvalue weighted by molar-refractivity contribution is -0.149. The second-order valence-electron chi connectivity index (χ2n) is 5.94. The Balaban J connectivity index is 1.90. The van der Waals surface area contributed by atoms with Gasteiger partial charge in [0.1, 0.15) is 5.69 Å². The smallest absolute Gasteiger partial charge is 0.301 e. The van der Waals surface area contributed by atoms with Crippen LogP contribution in [0.3, 0.4) is 0 Å². The van der Waals surface area contributed by atoms with E-state index in [0.717, 1.165) is 6.07 Å². The van der Waals surface area contributed by atoms with Gasteiger partial charge in [-0.25, -0.2) is 9.67 Å². The fourth-order valence-corrected chi connectivity index (χ4v) is 2.49. The highest BCUT2D eigenvalue weighted by atomic mass is 35.5. The van der Waals surface area contributed by atoms with E-state index in [1.54, 1.807) is 7.05 Å². The number of carbonyl (C=O) groups excluding carboxylic acids is 1. The van der Waals surface area contributed by atoms with Gasteiger partial charge >= 0.3 is 5.38 Å². The Morgan fingerprint density at radius 1 is 1.27 bits per heavy atom. The molecule has 3 rings (SSSR count). The third-order valence-electron chi connectivity index (χ3n) is 3.81. The predicted octanol–water partition coefficient (Wildman–Crippen LogP) is 0.233. The van der Waals surface area contributed by atoms with Crippen molar-refractivity contribution in [1.82, 2.24) is 50.5 Å². The number of tetrazole rings is 2.